The molecular weight excluding hydrogens is 130 g/mol. The number of amides is 1. The molecule has 1 saturated heterocycles. The average Bonchev–Trinajstić information content (AvgIpc) is 2.31. The molecular formula is C7H13NO2. The Balaban J connectivity index is 2.20. The van der Waals surface area contributed by atoms with Gasteiger partial charge in [0.25, 0.3) is 0 Å². The molecule has 0 N–H and O–H groups in total. The molecule has 1 amide bonds. The van der Waals surface area contributed by atoms with Crippen LogP contribution >= 0.6 is 0 Å². The van der Waals surface area contributed by atoms with Gasteiger partial charge in [-0.05, 0) is 13.3 Å². The van der Waals surface area contributed by atoms with E-state index in [1.54, 1.807) is 4.90 Å². The summed E-state index contributed by atoms with van der Waals surface area (Å²) < 4.78 is 5.09. The van der Waals surface area contributed by atoms with Gasteiger partial charge in [-0.15, -0.1) is 0 Å². The number of likely N-dealkylation sites (tertiary alicyclic amines) is 1. The van der Waals surface area contributed by atoms with E-state index in [-0.39, 0.29) is 5.91 Å². The maximum atomic E-state index is 10.9. The summed E-state index contributed by atoms with van der Waals surface area (Å²) in [6, 6.07) is 0. The van der Waals surface area contributed by atoms with Crippen molar-refractivity contribution in [3.05, 3.63) is 0 Å². The van der Waals surface area contributed by atoms with Crippen LogP contribution in [0.4, 0.5) is 0 Å². The second-order valence-corrected chi connectivity index (χ2v) is 2.38. The van der Waals surface area contributed by atoms with Gasteiger partial charge in [0.15, 0.2) is 0 Å². The van der Waals surface area contributed by atoms with E-state index in [1.165, 1.54) is 0 Å². The maximum Gasteiger partial charge on any atom is 0.224 e. The van der Waals surface area contributed by atoms with E-state index in [0.29, 0.717) is 19.8 Å². The van der Waals surface area contributed by atoms with Gasteiger partial charge in [0.05, 0.1) is 0 Å². The Morgan fingerprint density at radius 1 is 1.70 bits per heavy atom. The zero-order valence-corrected chi connectivity index (χ0v) is 6.30. The lowest BCUT2D eigenvalue weighted by molar-refractivity contribution is -0.132. The highest BCUT2D eigenvalue weighted by Gasteiger charge is 2.18. The van der Waals surface area contributed by atoms with Crippen LogP contribution in [0.5, 0.6) is 0 Å². The summed E-state index contributed by atoms with van der Waals surface area (Å²) in [5, 5.41) is 0. The van der Waals surface area contributed by atoms with Gasteiger partial charge < -0.3 is 9.64 Å². The van der Waals surface area contributed by atoms with Gasteiger partial charge in [-0.1, -0.05) is 0 Å². The molecule has 0 aromatic rings. The van der Waals surface area contributed by atoms with Crippen molar-refractivity contribution in [3.8, 4) is 0 Å². The van der Waals surface area contributed by atoms with Gasteiger partial charge in [0.1, 0.15) is 6.73 Å². The lowest BCUT2D eigenvalue weighted by Gasteiger charge is -2.13. The van der Waals surface area contributed by atoms with Crippen molar-refractivity contribution in [1.82, 2.24) is 4.90 Å². The summed E-state index contributed by atoms with van der Waals surface area (Å²) in [5.41, 5.74) is 0. The number of ether oxygens (including phenoxy) is 1. The smallest absolute Gasteiger partial charge is 0.224 e. The molecule has 0 aromatic heterocycles. The standard InChI is InChI=1S/C7H13NO2/c1-2-10-6-8-5-3-4-7(8)9/h2-6H2,1H3. The van der Waals surface area contributed by atoms with E-state index >= 15 is 0 Å². The summed E-state index contributed by atoms with van der Waals surface area (Å²) in [6.07, 6.45) is 1.69. The van der Waals surface area contributed by atoms with Crippen LogP contribution in [0.15, 0.2) is 0 Å². The van der Waals surface area contributed by atoms with E-state index in [9.17, 15) is 4.79 Å². The minimum absolute atomic E-state index is 0.230. The van der Waals surface area contributed by atoms with Gasteiger partial charge in [0, 0.05) is 19.6 Å². The van der Waals surface area contributed by atoms with Crippen molar-refractivity contribution < 1.29 is 9.53 Å². The van der Waals surface area contributed by atoms with Crippen LogP contribution in [0.25, 0.3) is 0 Å². The van der Waals surface area contributed by atoms with E-state index < -0.39 is 0 Å². The fourth-order valence-electron chi connectivity index (χ4n) is 1.04. The molecule has 0 aromatic carbocycles. The molecule has 1 aliphatic heterocycles. The van der Waals surface area contributed by atoms with Gasteiger partial charge in [-0.3, -0.25) is 4.79 Å². The van der Waals surface area contributed by atoms with Crippen molar-refractivity contribution in [2.24, 2.45) is 0 Å². The van der Waals surface area contributed by atoms with Crippen molar-refractivity contribution >= 4 is 5.91 Å². The van der Waals surface area contributed by atoms with Crippen LogP contribution in [-0.4, -0.2) is 30.7 Å². The lowest BCUT2D eigenvalue weighted by atomic mass is 10.4. The lowest BCUT2D eigenvalue weighted by Crippen LogP contribution is -2.27. The summed E-state index contributed by atoms with van der Waals surface area (Å²) in [7, 11) is 0. The highest BCUT2D eigenvalue weighted by molar-refractivity contribution is 5.77. The monoisotopic (exact) mass is 143 g/mol. The van der Waals surface area contributed by atoms with Gasteiger partial charge in [-0.2, -0.15) is 0 Å². The van der Waals surface area contributed by atoms with Crippen LogP contribution in [0, 0.1) is 0 Å². The first-order valence-corrected chi connectivity index (χ1v) is 3.70. The first-order valence-electron chi connectivity index (χ1n) is 3.70. The van der Waals surface area contributed by atoms with E-state index in [1.807, 2.05) is 6.92 Å². The Hall–Kier alpha value is -0.570. The molecule has 0 bridgehead atoms. The Kier molecular flexibility index (Phi) is 2.68. The topological polar surface area (TPSA) is 29.5 Å². The molecule has 0 atom stereocenters. The SMILES string of the molecule is CCOCN1CCCC1=O. The second-order valence-electron chi connectivity index (χ2n) is 2.38. The van der Waals surface area contributed by atoms with Crippen LogP contribution in [-0.2, 0) is 9.53 Å². The number of hydrogen-bond acceptors (Lipinski definition) is 2. The first kappa shape index (κ1) is 7.54. The normalized spacial score (nSPS) is 18.5. The van der Waals surface area contributed by atoms with Crippen LogP contribution in [0.2, 0.25) is 0 Å². The third-order valence-electron chi connectivity index (χ3n) is 1.62. The number of carbonyl (C=O) groups excluding carboxylic acids is 1. The Bertz CT molecular complexity index is 125. The quantitative estimate of drug-likeness (QED) is 0.579. The van der Waals surface area contributed by atoms with Crippen LogP contribution in [0.1, 0.15) is 19.8 Å². The van der Waals surface area contributed by atoms with E-state index in [4.69, 9.17) is 4.74 Å². The molecule has 3 heteroatoms. The molecule has 0 unspecified atom stereocenters. The predicted molar refractivity (Wildman–Crippen MR) is 37.4 cm³/mol. The fourth-order valence-corrected chi connectivity index (χ4v) is 1.04. The molecule has 1 fully saturated rings. The van der Waals surface area contributed by atoms with Crippen molar-refractivity contribution in [1.29, 1.82) is 0 Å². The highest BCUT2D eigenvalue weighted by Crippen LogP contribution is 2.08. The molecule has 0 spiro atoms. The molecule has 0 aliphatic carbocycles. The number of hydrogen-bond donors (Lipinski definition) is 0. The number of nitrogens with zero attached hydrogens (tertiary/aromatic N) is 1. The summed E-state index contributed by atoms with van der Waals surface area (Å²) >= 11 is 0. The Morgan fingerprint density at radius 3 is 3.00 bits per heavy atom. The molecule has 1 rings (SSSR count). The minimum atomic E-state index is 0.230. The Labute approximate surface area is 61.0 Å². The van der Waals surface area contributed by atoms with Gasteiger partial charge in [-0.25, -0.2) is 0 Å². The summed E-state index contributed by atoms with van der Waals surface area (Å²) in [4.78, 5) is 12.7. The number of rotatable bonds is 3. The molecule has 1 heterocycles. The van der Waals surface area contributed by atoms with Crippen LogP contribution in [0.3, 0.4) is 0 Å². The first-order chi connectivity index (χ1) is 4.84. The average molecular weight is 143 g/mol. The fraction of sp³-hybridized carbons (Fsp3) is 0.857. The minimum Gasteiger partial charge on any atom is -0.361 e. The van der Waals surface area contributed by atoms with E-state index in [0.717, 1.165) is 13.0 Å². The third kappa shape index (κ3) is 1.70. The third-order valence-corrected chi connectivity index (χ3v) is 1.62. The zero-order valence-electron chi connectivity index (χ0n) is 6.30. The van der Waals surface area contributed by atoms with Crippen molar-refractivity contribution in [3.63, 3.8) is 0 Å². The second kappa shape index (κ2) is 3.56. The zero-order chi connectivity index (χ0) is 7.40. The van der Waals surface area contributed by atoms with Gasteiger partial charge >= 0.3 is 0 Å². The molecule has 10 heavy (non-hydrogen) atoms. The largest absolute Gasteiger partial charge is 0.361 e. The predicted octanol–water partition coefficient (Wildman–Crippen LogP) is 0.603. The molecule has 0 radical (unpaired) electrons. The summed E-state index contributed by atoms with van der Waals surface area (Å²) in [6.45, 7) is 3.97. The van der Waals surface area contributed by atoms with Crippen molar-refractivity contribution in [2.75, 3.05) is 19.9 Å². The van der Waals surface area contributed by atoms with Gasteiger partial charge in [0.2, 0.25) is 5.91 Å². The maximum absolute atomic E-state index is 10.9. The van der Waals surface area contributed by atoms with Crippen molar-refractivity contribution in [2.45, 2.75) is 19.8 Å². The van der Waals surface area contributed by atoms with E-state index in [2.05, 4.69) is 0 Å². The summed E-state index contributed by atoms with van der Waals surface area (Å²) in [5.74, 6) is 0.230. The molecule has 1 aliphatic rings. The molecule has 58 valence electrons. The highest BCUT2D eigenvalue weighted by atomic mass is 16.5. The number of carbonyl (C=O) groups is 1. The Morgan fingerprint density at radius 2 is 2.50 bits per heavy atom. The van der Waals surface area contributed by atoms with Crippen LogP contribution < -0.4 is 0 Å². The molecule has 0 saturated carbocycles. The molecule has 3 nitrogen and oxygen atoms in total.